The monoisotopic (exact) mass is 325 g/mol. The van der Waals surface area contributed by atoms with Gasteiger partial charge in [0.05, 0.1) is 17.7 Å². The predicted octanol–water partition coefficient (Wildman–Crippen LogP) is 4.22. The highest BCUT2D eigenvalue weighted by molar-refractivity contribution is 6.01. The van der Waals surface area contributed by atoms with E-state index >= 15 is 0 Å². The normalized spacial score (nSPS) is 17.0. The van der Waals surface area contributed by atoms with Crippen LogP contribution < -0.4 is 0 Å². The van der Waals surface area contributed by atoms with Crippen LogP contribution in [0.2, 0.25) is 0 Å². The molecule has 1 heterocycles. The number of oxime groups is 1. The molecule has 2 aromatic carbocycles. The summed E-state index contributed by atoms with van der Waals surface area (Å²) in [5.41, 5.74) is 3.89. The van der Waals surface area contributed by atoms with Gasteiger partial charge in [-0.15, -0.1) is 0 Å². The molecule has 2 aromatic rings. The Balaban J connectivity index is 1.81. The number of rotatable bonds is 4. The maximum absolute atomic E-state index is 14.5. The maximum Gasteiger partial charge on any atom is 0.161 e. The molecule has 1 aliphatic rings. The van der Waals surface area contributed by atoms with Gasteiger partial charge in [-0.3, -0.25) is 0 Å². The van der Waals surface area contributed by atoms with Crippen LogP contribution in [-0.4, -0.2) is 31.0 Å². The van der Waals surface area contributed by atoms with Gasteiger partial charge < -0.3 is 9.74 Å². The Bertz CT molecular complexity index is 785. The van der Waals surface area contributed by atoms with E-state index < -0.39 is 6.10 Å². The minimum Gasteiger partial charge on any atom is -0.387 e. The summed E-state index contributed by atoms with van der Waals surface area (Å²) < 4.78 is 14.5. The first-order valence-electron chi connectivity index (χ1n) is 7.83. The number of aryl methyl sites for hydroxylation is 1. The molecule has 0 spiro atoms. The molecule has 1 atom stereocenters. The smallest absolute Gasteiger partial charge is 0.161 e. The molecule has 0 bridgehead atoms. The van der Waals surface area contributed by atoms with Gasteiger partial charge in [0, 0.05) is 32.1 Å². The van der Waals surface area contributed by atoms with Crippen LogP contribution in [0.4, 0.5) is 10.1 Å². The molecule has 24 heavy (non-hydrogen) atoms. The number of hydrogen-bond donors (Lipinski definition) is 0. The number of benzene rings is 2. The summed E-state index contributed by atoms with van der Waals surface area (Å²) in [7, 11) is 3.75. The van der Waals surface area contributed by atoms with Crippen LogP contribution in [0.25, 0.3) is 0 Å². The van der Waals surface area contributed by atoms with E-state index in [9.17, 15) is 4.39 Å². The third kappa shape index (κ3) is 3.45. The molecule has 124 valence electrons. The fraction of sp³-hybridized carbons (Fsp3) is 0.263. The zero-order valence-electron chi connectivity index (χ0n) is 14.0. The van der Waals surface area contributed by atoms with E-state index in [0.717, 1.165) is 16.8 Å². The molecule has 0 aromatic heterocycles. The Hall–Kier alpha value is -2.69. The first-order valence-corrected chi connectivity index (χ1v) is 7.83. The first-order chi connectivity index (χ1) is 11.5. The van der Waals surface area contributed by atoms with Gasteiger partial charge in [0.15, 0.2) is 6.10 Å². The van der Waals surface area contributed by atoms with Gasteiger partial charge in [0.25, 0.3) is 0 Å². The van der Waals surface area contributed by atoms with Crippen molar-refractivity contribution >= 4 is 17.7 Å². The second-order valence-electron chi connectivity index (χ2n) is 6.07. The molecule has 0 radical (unpaired) electrons. The predicted molar refractivity (Wildman–Crippen MR) is 94.4 cm³/mol. The molecule has 0 amide bonds. The number of hydrogen-bond acceptors (Lipinski definition) is 3. The van der Waals surface area contributed by atoms with E-state index in [4.69, 9.17) is 4.84 Å². The van der Waals surface area contributed by atoms with Gasteiger partial charge in [-0.05, 0) is 24.1 Å². The van der Waals surface area contributed by atoms with Gasteiger partial charge in [0.1, 0.15) is 5.82 Å². The zero-order valence-corrected chi connectivity index (χ0v) is 14.0. The van der Waals surface area contributed by atoms with Crippen molar-refractivity contribution in [3.05, 3.63) is 65.0 Å². The number of nitrogens with zero attached hydrogens (tertiary/aromatic N) is 3. The first kappa shape index (κ1) is 16.2. The summed E-state index contributed by atoms with van der Waals surface area (Å²) in [6.07, 6.45) is 1.82. The van der Waals surface area contributed by atoms with E-state index in [1.165, 1.54) is 6.07 Å². The van der Waals surface area contributed by atoms with Gasteiger partial charge in [0.2, 0.25) is 0 Å². The fourth-order valence-corrected chi connectivity index (χ4v) is 2.60. The molecule has 0 N–H and O–H groups in total. The van der Waals surface area contributed by atoms with Crippen LogP contribution in [0.3, 0.4) is 0 Å². The van der Waals surface area contributed by atoms with Crippen LogP contribution in [0.15, 0.2) is 52.6 Å². The molecule has 1 aliphatic heterocycles. The average Bonchev–Trinajstić information content (AvgIpc) is 3.05. The van der Waals surface area contributed by atoms with Gasteiger partial charge >= 0.3 is 0 Å². The highest BCUT2D eigenvalue weighted by Gasteiger charge is 2.27. The molecule has 0 fully saturated rings. The lowest BCUT2D eigenvalue weighted by molar-refractivity contribution is 0.0829. The van der Waals surface area contributed by atoms with Gasteiger partial charge in [-0.1, -0.05) is 35.5 Å². The Morgan fingerprint density at radius 2 is 2.00 bits per heavy atom. The van der Waals surface area contributed by atoms with Crippen LogP contribution in [-0.2, 0) is 4.84 Å². The highest BCUT2D eigenvalue weighted by Crippen LogP contribution is 2.34. The molecule has 0 aliphatic carbocycles. The van der Waals surface area contributed by atoms with Gasteiger partial charge in [-0.2, -0.15) is 0 Å². The summed E-state index contributed by atoms with van der Waals surface area (Å²) in [4.78, 5) is 11.6. The van der Waals surface area contributed by atoms with Crippen LogP contribution in [0.5, 0.6) is 0 Å². The van der Waals surface area contributed by atoms with Crippen LogP contribution >= 0.6 is 0 Å². The molecule has 1 unspecified atom stereocenters. The van der Waals surface area contributed by atoms with E-state index in [1.807, 2.05) is 56.3 Å². The molecule has 0 saturated carbocycles. The van der Waals surface area contributed by atoms with Crippen molar-refractivity contribution in [3.63, 3.8) is 0 Å². The van der Waals surface area contributed by atoms with E-state index in [-0.39, 0.29) is 5.82 Å². The molecular weight excluding hydrogens is 305 g/mol. The Morgan fingerprint density at radius 3 is 2.71 bits per heavy atom. The third-order valence-corrected chi connectivity index (χ3v) is 3.87. The standard InChI is InChI=1S/C19H20FN3O/c1-13-9-15(16(20)10-17(13)21-12-23(2)3)19-11-18(22-24-19)14-7-5-4-6-8-14/h4-10,12,19H,11H2,1-3H3. The van der Waals surface area contributed by atoms with Crippen molar-refractivity contribution in [2.24, 2.45) is 10.1 Å². The van der Waals surface area contributed by atoms with Crippen molar-refractivity contribution in [2.75, 3.05) is 14.1 Å². The zero-order chi connectivity index (χ0) is 17.1. The third-order valence-electron chi connectivity index (χ3n) is 3.87. The SMILES string of the molecule is Cc1cc(C2CC(c3ccccc3)=NO2)c(F)cc1N=CN(C)C. The largest absolute Gasteiger partial charge is 0.387 e. The van der Waals surface area contributed by atoms with Crippen molar-refractivity contribution in [1.82, 2.24) is 4.90 Å². The quantitative estimate of drug-likeness (QED) is 0.623. The maximum atomic E-state index is 14.5. The summed E-state index contributed by atoms with van der Waals surface area (Å²) in [6, 6.07) is 13.1. The lowest BCUT2D eigenvalue weighted by Gasteiger charge is -2.12. The minimum atomic E-state index is -0.397. The van der Waals surface area contributed by atoms with Crippen molar-refractivity contribution < 1.29 is 9.23 Å². The number of halogens is 1. The second-order valence-corrected chi connectivity index (χ2v) is 6.07. The number of aliphatic imine (C=N–C) groups is 1. The van der Waals surface area contributed by atoms with Gasteiger partial charge in [-0.25, -0.2) is 9.38 Å². The molecule has 5 heteroatoms. The van der Waals surface area contributed by atoms with Crippen LogP contribution in [0, 0.1) is 12.7 Å². The molecule has 0 saturated heterocycles. The molecular formula is C19H20FN3O. The summed E-state index contributed by atoms with van der Waals surface area (Å²) in [5, 5.41) is 4.13. The summed E-state index contributed by atoms with van der Waals surface area (Å²) >= 11 is 0. The lowest BCUT2D eigenvalue weighted by atomic mass is 9.98. The van der Waals surface area contributed by atoms with Crippen LogP contribution in [0.1, 0.15) is 29.2 Å². The van der Waals surface area contributed by atoms with Crippen molar-refractivity contribution in [1.29, 1.82) is 0 Å². The Kier molecular flexibility index (Phi) is 4.60. The Morgan fingerprint density at radius 1 is 1.25 bits per heavy atom. The highest BCUT2D eigenvalue weighted by atomic mass is 19.1. The van der Waals surface area contributed by atoms with Crippen molar-refractivity contribution in [2.45, 2.75) is 19.4 Å². The fourth-order valence-electron chi connectivity index (χ4n) is 2.60. The van der Waals surface area contributed by atoms with E-state index in [1.54, 1.807) is 12.4 Å². The topological polar surface area (TPSA) is 37.2 Å². The minimum absolute atomic E-state index is 0.319. The van der Waals surface area contributed by atoms with E-state index in [2.05, 4.69) is 10.1 Å². The summed E-state index contributed by atoms with van der Waals surface area (Å²) in [6.45, 7) is 1.92. The lowest BCUT2D eigenvalue weighted by Crippen LogP contribution is -2.07. The summed E-state index contributed by atoms with van der Waals surface area (Å²) in [5.74, 6) is -0.319. The molecule has 3 rings (SSSR count). The van der Waals surface area contributed by atoms with E-state index in [0.29, 0.717) is 17.7 Å². The molecule has 4 nitrogen and oxygen atoms in total. The second kappa shape index (κ2) is 6.83. The Labute approximate surface area is 141 Å². The van der Waals surface area contributed by atoms with Crippen molar-refractivity contribution in [3.8, 4) is 0 Å². The average molecular weight is 325 g/mol.